The third-order valence-electron chi connectivity index (χ3n) is 5.50. The van der Waals surface area contributed by atoms with Gasteiger partial charge in [-0.05, 0) is 62.6 Å². The number of amidine groups is 1. The molecule has 0 unspecified atom stereocenters. The summed E-state index contributed by atoms with van der Waals surface area (Å²) < 4.78 is 7.77. The summed E-state index contributed by atoms with van der Waals surface area (Å²) in [6, 6.07) is 15.7. The van der Waals surface area contributed by atoms with Gasteiger partial charge in [-0.2, -0.15) is 0 Å². The first kappa shape index (κ1) is 18.3. The number of hydrogen-bond donors (Lipinski definition) is 1. The van der Waals surface area contributed by atoms with E-state index in [1.54, 1.807) is 0 Å². The van der Waals surface area contributed by atoms with Crippen molar-refractivity contribution in [3.63, 3.8) is 0 Å². The Hall–Kier alpha value is -2.04. The molecule has 0 spiro atoms. The molecule has 0 bridgehead atoms. The van der Waals surface area contributed by atoms with Crippen molar-refractivity contribution >= 4 is 23.1 Å². The van der Waals surface area contributed by atoms with E-state index in [9.17, 15) is 5.11 Å². The van der Waals surface area contributed by atoms with Crippen LogP contribution in [0.15, 0.2) is 48.5 Å². The van der Waals surface area contributed by atoms with Crippen molar-refractivity contribution in [1.29, 1.82) is 0 Å². The number of anilines is 1. The zero-order valence-corrected chi connectivity index (χ0v) is 16.5. The van der Waals surface area contributed by atoms with Gasteiger partial charge in [0.15, 0.2) is 6.54 Å². The van der Waals surface area contributed by atoms with E-state index < -0.39 is 5.72 Å². The van der Waals surface area contributed by atoms with Crippen LogP contribution in [0.25, 0.3) is 0 Å². The smallest absolute Gasteiger partial charge is 0.271 e. The monoisotopic (exact) mass is 385 g/mol. The lowest BCUT2D eigenvalue weighted by atomic mass is 10.0. The maximum absolute atomic E-state index is 11.7. The SMILES string of the molecule is CCOc1ccc(N2C[C@](O)(c3ccc(Cl)cc3)[N+]3=C2CCCCC3)cc1. The summed E-state index contributed by atoms with van der Waals surface area (Å²) in [4.78, 5) is 2.26. The summed E-state index contributed by atoms with van der Waals surface area (Å²) in [5.41, 5.74) is 0.938. The van der Waals surface area contributed by atoms with Crippen LogP contribution in [0.2, 0.25) is 5.02 Å². The van der Waals surface area contributed by atoms with Gasteiger partial charge in [-0.15, -0.1) is 0 Å². The van der Waals surface area contributed by atoms with Gasteiger partial charge in [0.1, 0.15) is 11.4 Å². The average molecular weight is 386 g/mol. The van der Waals surface area contributed by atoms with E-state index in [4.69, 9.17) is 16.3 Å². The minimum absolute atomic E-state index is 0.512. The van der Waals surface area contributed by atoms with Gasteiger partial charge < -0.3 is 9.84 Å². The Morgan fingerprint density at radius 3 is 2.52 bits per heavy atom. The van der Waals surface area contributed by atoms with Crippen molar-refractivity contribution in [3.05, 3.63) is 59.1 Å². The summed E-state index contributed by atoms with van der Waals surface area (Å²) in [6.45, 7) is 4.02. The highest BCUT2D eigenvalue weighted by molar-refractivity contribution is 6.30. The predicted molar refractivity (Wildman–Crippen MR) is 109 cm³/mol. The normalized spacial score (nSPS) is 22.6. The first-order valence-corrected chi connectivity index (χ1v) is 10.1. The van der Waals surface area contributed by atoms with Gasteiger partial charge in [0.25, 0.3) is 11.6 Å². The van der Waals surface area contributed by atoms with Crippen LogP contribution in [-0.4, -0.2) is 35.2 Å². The standard InChI is InChI=1S/C22H26ClN2O2/c1-2-27-20-13-11-19(12-14-20)24-16-22(26,17-7-9-18(23)10-8-17)25-15-5-3-4-6-21(24)25/h7-14,26H,2-6,15-16H2,1H3/q+1/t22-/m0/s1. The molecule has 2 aromatic rings. The second-order valence-corrected chi connectivity index (χ2v) is 7.65. The Balaban J connectivity index is 1.73. The number of halogens is 1. The molecule has 2 heterocycles. The first-order valence-electron chi connectivity index (χ1n) is 9.74. The third kappa shape index (κ3) is 3.44. The van der Waals surface area contributed by atoms with E-state index >= 15 is 0 Å². The molecule has 2 aromatic carbocycles. The Bertz CT molecular complexity index is 832. The first-order chi connectivity index (χ1) is 13.1. The van der Waals surface area contributed by atoms with Crippen LogP contribution in [-0.2, 0) is 5.72 Å². The highest BCUT2D eigenvalue weighted by Gasteiger charge is 2.51. The highest BCUT2D eigenvalue weighted by Crippen LogP contribution is 2.36. The maximum Gasteiger partial charge on any atom is 0.271 e. The molecule has 27 heavy (non-hydrogen) atoms. The van der Waals surface area contributed by atoms with Gasteiger partial charge >= 0.3 is 0 Å². The molecule has 2 aliphatic heterocycles. The molecule has 0 fully saturated rings. The predicted octanol–water partition coefficient (Wildman–Crippen LogP) is 4.39. The van der Waals surface area contributed by atoms with E-state index in [-0.39, 0.29) is 0 Å². The molecule has 0 saturated heterocycles. The number of β-amino-alcohol motifs (C(OH)–C–C–N with tert-alkyl or cyclic N) is 1. The molecule has 4 nitrogen and oxygen atoms in total. The second kappa shape index (κ2) is 7.53. The minimum Gasteiger partial charge on any atom is -0.494 e. The summed E-state index contributed by atoms with van der Waals surface area (Å²) in [6.07, 6.45) is 4.41. The van der Waals surface area contributed by atoms with Crippen LogP contribution in [0.3, 0.4) is 0 Å². The van der Waals surface area contributed by atoms with Crippen molar-refractivity contribution in [2.24, 2.45) is 0 Å². The van der Waals surface area contributed by atoms with Gasteiger partial charge in [0, 0.05) is 17.0 Å². The molecule has 0 saturated carbocycles. The quantitative estimate of drug-likeness (QED) is 0.793. The molecule has 0 aliphatic carbocycles. The molecule has 4 rings (SSSR count). The largest absolute Gasteiger partial charge is 0.494 e. The van der Waals surface area contributed by atoms with Crippen LogP contribution in [0.5, 0.6) is 5.75 Å². The van der Waals surface area contributed by atoms with E-state index in [1.807, 2.05) is 43.3 Å². The minimum atomic E-state index is -1.04. The lowest BCUT2D eigenvalue weighted by Gasteiger charge is -2.23. The fraction of sp³-hybridized carbons (Fsp3) is 0.409. The number of hydrogen-bond acceptors (Lipinski definition) is 3. The Labute approximate surface area is 165 Å². The molecule has 1 N–H and O–H groups in total. The van der Waals surface area contributed by atoms with Gasteiger partial charge in [0.2, 0.25) is 0 Å². The van der Waals surface area contributed by atoms with Crippen LogP contribution in [0.4, 0.5) is 5.69 Å². The fourth-order valence-corrected chi connectivity index (χ4v) is 4.29. The Kier molecular flexibility index (Phi) is 5.11. The van der Waals surface area contributed by atoms with Crippen LogP contribution >= 0.6 is 11.6 Å². The summed E-state index contributed by atoms with van der Waals surface area (Å²) in [7, 11) is 0. The second-order valence-electron chi connectivity index (χ2n) is 7.22. The number of rotatable bonds is 4. The van der Waals surface area contributed by atoms with Gasteiger partial charge in [-0.3, -0.25) is 0 Å². The lowest BCUT2D eigenvalue weighted by Crippen LogP contribution is -2.41. The highest BCUT2D eigenvalue weighted by atomic mass is 35.5. The molecule has 0 radical (unpaired) electrons. The zero-order valence-electron chi connectivity index (χ0n) is 15.7. The Morgan fingerprint density at radius 2 is 1.81 bits per heavy atom. The molecular weight excluding hydrogens is 360 g/mol. The topological polar surface area (TPSA) is 35.7 Å². The van der Waals surface area contributed by atoms with Crippen molar-refractivity contribution in [1.82, 2.24) is 0 Å². The molecule has 0 aromatic heterocycles. The lowest BCUT2D eigenvalue weighted by molar-refractivity contribution is -0.658. The van der Waals surface area contributed by atoms with Gasteiger partial charge in [-0.25, -0.2) is 9.48 Å². The number of ether oxygens (including phenoxy) is 1. The van der Waals surface area contributed by atoms with E-state index in [2.05, 4.69) is 21.6 Å². The molecule has 0 amide bonds. The molecule has 2 aliphatic rings. The molecule has 5 heteroatoms. The van der Waals surface area contributed by atoms with Crippen molar-refractivity contribution in [3.8, 4) is 5.75 Å². The van der Waals surface area contributed by atoms with E-state index in [0.717, 1.165) is 42.8 Å². The number of benzene rings is 2. The fourth-order valence-electron chi connectivity index (χ4n) is 4.16. The average Bonchev–Trinajstić information content (AvgIpc) is 2.84. The molecular formula is C22H26ClN2O2+. The number of nitrogens with zero attached hydrogens (tertiary/aromatic N) is 2. The summed E-state index contributed by atoms with van der Waals surface area (Å²) >= 11 is 6.07. The van der Waals surface area contributed by atoms with Crippen molar-refractivity contribution in [2.75, 3.05) is 24.6 Å². The van der Waals surface area contributed by atoms with E-state index in [0.29, 0.717) is 18.2 Å². The summed E-state index contributed by atoms with van der Waals surface area (Å²) in [5.74, 6) is 2.07. The molecule has 142 valence electrons. The maximum atomic E-state index is 11.7. The van der Waals surface area contributed by atoms with Crippen molar-refractivity contribution < 1.29 is 14.4 Å². The van der Waals surface area contributed by atoms with Crippen molar-refractivity contribution in [2.45, 2.75) is 38.3 Å². The Morgan fingerprint density at radius 1 is 1.07 bits per heavy atom. The van der Waals surface area contributed by atoms with E-state index in [1.165, 1.54) is 12.3 Å². The van der Waals surface area contributed by atoms with Crippen LogP contribution < -0.4 is 9.64 Å². The third-order valence-corrected chi connectivity index (χ3v) is 5.75. The zero-order chi connectivity index (χ0) is 18.9. The van der Waals surface area contributed by atoms with Crippen LogP contribution in [0.1, 0.15) is 38.2 Å². The summed E-state index contributed by atoms with van der Waals surface area (Å²) in [5, 5.41) is 12.4. The van der Waals surface area contributed by atoms with Gasteiger partial charge in [0.05, 0.1) is 13.2 Å². The van der Waals surface area contributed by atoms with Gasteiger partial charge in [-0.1, -0.05) is 23.7 Å². The molecule has 1 atom stereocenters. The van der Waals surface area contributed by atoms with Crippen LogP contribution in [0, 0.1) is 0 Å². The number of aliphatic hydroxyl groups is 1.